The van der Waals surface area contributed by atoms with Crippen LogP contribution in [0.25, 0.3) is 11.2 Å². The summed E-state index contributed by atoms with van der Waals surface area (Å²) in [7, 11) is 1.62. The van der Waals surface area contributed by atoms with E-state index in [0.717, 1.165) is 18.4 Å². The van der Waals surface area contributed by atoms with Crippen molar-refractivity contribution in [2.24, 2.45) is 7.05 Å². The molecule has 0 N–H and O–H groups in total. The molecule has 1 fully saturated rings. The molecule has 3 aromatic rings. The average molecular weight is 649 g/mol. The summed E-state index contributed by atoms with van der Waals surface area (Å²) >= 11 is 8.21. The first-order valence-electron chi connectivity index (χ1n) is 12.2. The van der Waals surface area contributed by atoms with E-state index in [0.29, 0.717) is 55.4 Å². The van der Waals surface area contributed by atoms with Gasteiger partial charge in [0.15, 0.2) is 11.2 Å². The minimum atomic E-state index is -0.409. The normalized spacial score (nSPS) is 14.9. The van der Waals surface area contributed by atoms with Crippen LogP contribution in [0.5, 0.6) is 6.01 Å². The van der Waals surface area contributed by atoms with Crippen LogP contribution in [0, 0.1) is 0 Å². The molecular weight excluding hydrogens is 618 g/mol. The number of rotatable bonds is 12. The molecule has 1 aliphatic rings. The van der Waals surface area contributed by atoms with Crippen LogP contribution in [0.3, 0.4) is 0 Å². The summed E-state index contributed by atoms with van der Waals surface area (Å²) in [5, 5.41) is 0.629. The fourth-order valence-corrected chi connectivity index (χ4v) is 5.50. The first-order valence-corrected chi connectivity index (χ1v) is 16.6. The number of imidazole rings is 1. The molecule has 0 radical (unpaired) electrons. The van der Waals surface area contributed by atoms with Crippen molar-refractivity contribution in [3.63, 3.8) is 0 Å². The molecule has 0 aliphatic heterocycles. The van der Waals surface area contributed by atoms with Crippen LogP contribution in [-0.2, 0) is 29.4 Å². The molecule has 196 valence electrons. The lowest BCUT2D eigenvalue weighted by Gasteiger charge is -2.21. The van der Waals surface area contributed by atoms with E-state index in [1.807, 2.05) is 12.1 Å². The van der Waals surface area contributed by atoms with Gasteiger partial charge in [0.05, 0.1) is 32.3 Å². The van der Waals surface area contributed by atoms with Gasteiger partial charge in [-0.25, -0.2) is 4.79 Å². The fraction of sp³-hybridized carbons (Fsp3) is 0.542. The maximum Gasteiger partial charge on any atom is 0.332 e. The minimum Gasteiger partial charge on any atom is -0.462 e. The predicted octanol–water partition coefficient (Wildman–Crippen LogP) is 4.68. The number of aromatic nitrogens is 4. The van der Waals surface area contributed by atoms with Crippen molar-refractivity contribution in [2.45, 2.75) is 57.7 Å². The van der Waals surface area contributed by atoms with Crippen LogP contribution in [0.4, 0.5) is 0 Å². The van der Waals surface area contributed by atoms with Crippen LogP contribution in [0.15, 0.2) is 33.9 Å². The average Bonchev–Trinajstić information content (AvgIpc) is 3.25. The van der Waals surface area contributed by atoms with Gasteiger partial charge in [-0.1, -0.05) is 43.0 Å². The second-order valence-corrected chi connectivity index (χ2v) is 11.0. The summed E-state index contributed by atoms with van der Waals surface area (Å²) in [6.45, 7) is 2.17. The first kappa shape index (κ1) is 27.6. The lowest BCUT2D eigenvalue weighted by molar-refractivity contribution is 0.0112. The highest BCUT2D eigenvalue weighted by Gasteiger charge is 2.22. The Balaban J connectivity index is 1.64. The standard InChI is InChI=1S/C24H31ClIN4O5P/c1-28-21-20(22(31)29(24(28)32)12-5-13-35-36-26)30(16-17-8-10-18(25)11-9-17)23(27-21)34-15-14-33-19-6-3-2-4-7-19/h8-11,19,36H,2-7,12-16H2,1H3. The van der Waals surface area contributed by atoms with Gasteiger partial charge in [0.2, 0.25) is 0 Å². The van der Waals surface area contributed by atoms with E-state index in [-0.39, 0.29) is 24.2 Å². The van der Waals surface area contributed by atoms with E-state index in [4.69, 9.17) is 25.6 Å². The molecule has 1 aliphatic carbocycles. The lowest BCUT2D eigenvalue weighted by atomic mass is 9.98. The quantitative estimate of drug-likeness (QED) is 0.161. The van der Waals surface area contributed by atoms with Gasteiger partial charge in [0.25, 0.3) is 11.6 Å². The van der Waals surface area contributed by atoms with Crippen LogP contribution in [-0.4, -0.2) is 44.6 Å². The summed E-state index contributed by atoms with van der Waals surface area (Å²) < 4.78 is 21.8. The number of halogens is 2. The number of nitrogens with zero attached hydrogens (tertiary/aromatic N) is 4. The maximum atomic E-state index is 13.5. The Morgan fingerprint density at radius 2 is 1.83 bits per heavy atom. The van der Waals surface area contributed by atoms with Gasteiger partial charge in [-0.2, -0.15) is 4.98 Å². The van der Waals surface area contributed by atoms with Gasteiger partial charge in [0, 0.05) is 18.6 Å². The Labute approximate surface area is 229 Å². The van der Waals surface area contributed by atoms with Gasteiger partial charge in [-0.3, -0.25) is 18.5 Å². The molecule has 12 heteroatoms. The lowest BCUT2D eigenvalue weighted by Crippen LogP contribution is -2.40. The van der Waals surface area contributed by atoms with E-state index < -0.39 is 5.69 Å². The SMILES string of the molecule is Cn1c(=O)n(CCCOPI)c(=O)c2c1nc(OCCOC1CCCCC1)n2Cc1ccc(Cl)cc1. The third kappa shape index (κ3) is 6.69. The molecule has 0 spiro atoms. The summed E-state index contributed by atoms with van der Waals surface area (Å²) in [5.41, 5.74) is 0.751. The Kier molecular flexibility index (Phi) is 10.2. The molecule has 4 rings (SSSR count). The molecule has 0 bridgehead atoms. The number of ether oxygens (including phenoxy) is 2. The van der Waals surface area contributed by atoms with Crippen molar-refractivity contribution in [1.82, 2.24) is 18.7 Å². The number of fused-ring (bicyclic) bond motifs is 1. The molecule has 1 aromatic carbocycles. The largest absolute Gasteiger partial charge is 0.462 e. The third-order valence-corrected chi connectivity index (χ3v) is 7.85. The number of hydrogen-bond donors (Lipinski definition) is 0. The third-order valence-electron chi connectivity index (χ3n) is 6.35. The number of hydrogen-bond acceptors (Lipinski definition) is 6. The first-order chi connectivity index (χ1) is 17.5. The van der Waals surface area contributed by atoms with E-state index in [9.17, 15) is 9.59 Å². The zero-order chi connectivity index (χ0) is 25.5. The molecule has 1 saturated carbocycles. The molecule has 9 nitrogen and oxygen atoms in total. The molecule has 2 aromatic heterocycles. The zero-order valence-corrected chi connectivity index (χ0v) is 24.2. The van der Waals surface area contributed by atoms with E-state index in [1.165, 1.54) is 28.4 Å². The molecule has 1 atom stereocenters. The Bertz CT molecular complexity index is 1270. The van der Waals surface area contributed by atoms with Gasteiger partial charge in [-0.15, -0.1) is 0 Å². The Morgan fingerprint density at radius 1 is 1.08 bits per heavy atom. The van der Waals surface area contributed by atoms with Crippen LogP contribution >= 0.6 is 40.1 Å². The van der Waals surface area contributed by atoms with Crippen molar-refractivity contribution >= 4 is 51.3 Å². The van der Waals surface area contributed by atoms with Crippen molar-refractivity contribution in [3.05, 3.63) is 55.7 Å². The summed E-state index contributed by atoms with van der Waals surface area (Å²) in [4.78, 5) is 31.1. The van der Waals surface area contributed by atoms with Crippen molar-refractivity contribution in [3.8, 4) is 6.01 Å². The summed E-state index contributed by atoms with van der Waals surface area (Å²) in [6, 6.07) is 7.68. The van der Waals surface area contributed by atoms with Crippen molar-refractivity contribution in [1.29, 1.82) is 0 Å². The molecule has 1 unspecified atom stereocenters. The van der Waals surface area contributed by atoms with Gasteiger partial charge >= 0.3 is 5.69 Å². The Morgan fingerprint density at radius 3 is 2.56 bits per heavy atom. The topological polar surface area (TPSA) is 89.5 Å². The molecule has 36 heavy (non-hydrogen) atoms. The number of benzene rings is 1. The van der Waals surface area contributed by atoms with Gasteiger partial charge in [-0.05, 0) is 59.0 Å². The van der Waals surface area contributed by atoms with Crippen LogP contribution in [0.1, 0.15) is 44.1 Å². The maximum absolute atomic E-state index is 13.5. The highest BCUT2D eigenvalue weighted by Crippen LogP contribution is 2.23. The van der Waals surface area contributed by atoms with Gasteiger partial charge in [0.1, 0.15) is 6.61 Å². The highest BCUT2D eigenvalue weighted by molar-refractivity contribution is 14.2. The fourth-order valence-electron chi connectivity index (χ4n) is 4.49. The Hall–Kier alpha value is -1.46. The molecule has 0 amide bonds. The van der Waals surface area contributed by atoms with Crippen LogP contribution < -0.4 is 16.0 Å². The van der Waals surface area contributed by atoms with Crippen molar-refractivity contribution in [2.75, 3.05) is 19.8 Å². The summed E-state index contributed by atoms with van der Waals surface area (Å²) in [5.74, 6) is 0. The molecule has 2 heterocycles. The smallest absolute Gasteiger partial charge is 0.332 e. The predicted molar refractivity (Wildman–Crippen MR) is 151 cm³/mol. The van der Waals surface area contributed by atoms with Gasteiger partial charge < -0.3 is 14.0 Å². The van der Waals surface area contributed by atoms with Crippen molar-refractivity contribution < 1.29 is 14.0 Å². The van der Waals surface area contributed by atoms with E-state index >= 15 is 0 Å². The van der Waals surface area contributed by atoms with Crippen LogP contribution in [0.2, 0.25) is 5.02 Å². The molecular formula is C24H31ClIN4O5P. The molecule has 0 saturated heterocycles. The monoisotopic (exact) mass is 648 g/mol. The van der Waals surface area contributed by atoms with E-state index in [1.54, 1.807) is 23.7 Å². The highest BCUT2D eigenvalue weighted by atomic mass is 127. The van der Waals surface area contributed by atoms with E-state index in [2.05, 4.69) is 27.0 Å². The minimum absolute atomic E-state index is 0.264. The number of aryl methyl sites for hydroxylation is 1. The second kappa shape index (κ2) is 13.4. The second-order valence-electron chi connectivity index (χ2n) is 8.84. The summed E-state index contributed by atoms with van der Waals surface area (Å²) in [6.07, 6.45) is 6.68. The zero-order valence-electron chi connectivity index (χ0n) is 20.3.